The van der Waals surface area contributed by atoms with Gasteiger partial charge in [0.15, 0.2) is 0 Å². The van der Waals surface area contributed by atoms with Gasteiger partial charge in [-0.25, -0.2) is 0 Å². The summed E-state index contributed by atoms with van der Waals surface area (Å²) in [7, 11) is 0. The standard InChI is InChI=1S/C38H26O/c1-2-10-25(11-3-1)26-18-20-27(21-19-26)37-30-13-4-6-15-32(30)38(33-16-7-5-14-31(33)37)28-22-23-36-34(24-28)29-12-8-9-17-35(29)39-36/h1-7,9-11,13-24H,8,12H2. The average Bonchev–Trinajstić information content (AvgIpc) is 3.38. The van der Waals surface area contributed by atoms with Crippen molar-refractivity contribution >= 4 is 38.6 Å². The molecule has 0 saturated heterocycles. The largest absolute Gasteiger partial charge is 0.456 e. The maximum absolute atomic E-state index is 6.19. The molecule has 0 radical (unpaired) electrons. The van der Waals surface area contributed by atoms with Crippen LogP contribution in [-0.4, -0.2) is 0 Å². The summed E-state index contributed by atoms with van der Waals surface area (Å²) in [6.07, 6.45) is 6.43. The first-order valence-electron chi connectivity index (χ1n) is 13.7. The molecule has 1 heteroatoms. The number of allylic oxidation sites excluding steroid dienone is 1. The van der Waals surface area contributed by atoms with E-state index >= 15 is 0 Å². The summed E-state index contributed by atoms with van der Waals surface area (Å²) in [6, 6.07) is 44.1. The van der Waals surface area contributed by atoms with Crippen molar-refractivity contribution in [2.75, 3.05) is 0 Å². The van der Waals surface area contributed by atoms with E-state index in [0.29, 0.717) is 0 Å². The first kappa shape index (κ1) is 22.1. The Morgan fingerprint density at radius 2 is 1.00 bits per heavy atom. The molecule has 0 atom stereocenters. The third-order valence-electron chi connectivity index (χ3n) is 8.15. The Kier molecular flexibility index (Phi) is 5.03. The Balaban J connectivity index is 1.38. The van der Waals surface area contributed by atoms with Gasteiger partial charge in [-0.3, -0.25) is 0 Å². The van der Waals surface area contributed by atoms with Gasteiger partial charge in [0.05, 0.1) is 0 Å². The number of hydrogen-bond donors (Lipinski definition) is 0. The molecule has 0 spiro atoms. The van der Waals surface area contributed by atoms with Gasteiger partial charge in [0, 0.05) is 10.9 Å². The Hall–Kier alpha value is -4.88. The van der Waals surface area contributed by atoms with Crippen LogP contribution in [0.5, 0.6) is 0 Å². The van der Waals surface area contributed by atoms with Crippen molar-refractivity contribution in [3.05, 3.63) is 139 Å². The lowest BCUT2D eigenvalue weighted by molar-refractivity contribution is 0.595. The van der Waals surface area contributed by atoms with Gasteiger partial charge in [-0.2, -0.15) is 0 Å². The second-order valence-corrected chi connectivity index (χ2v) is 10.4. The molecular formula is C38H26O. The van der Waals surface area contributed by atoms with Crippen LogP contribution >= 0.6 is 0 Å². The van der Waals surface area contributed by atoms with E-state index in [2.05, 4.69) is 133 Å². The second-order valence-electron chi connectivity index (χ2n) is 10.4. The monoisotopic (exact) mass is 498 g/mol. The summed E-state index contributed by atoms with van der Waals surface area (Å²) in [4.78, 5) is 0. The Morgan fingerprint density at radius 3 is 1.67 bits per heavy atom. The molecule has 1 aromatic heterocycles. The summed E-state index contributed by atoms with van der Waals surface area (Å²) in [5, 5.41) is 6.33. The molecule has 1 aliphatic rings. The Labute approximate surface area is 227 Å². The fraction of sp³-hybridized carbons (Fsp3) is 0.0526. The van der Waals surface area contributed by atoms with Crippen molar-refractivity contribution in [2.45, 2.75) is 12.8 Å². The first-order chi connectivity index (χ1) is 19.3. The van der Waals surface area contributed by atoms with E-state index in [0.717, 1.165) is 24.2 Å². The lowest BCUT2D eigenvalue weighted by Crippen LogP contribution is -1.92. The van der Waals surface area contributed by atoms with Crippen molar-refractivity contribution < 1.29 is 4.42 Å². The smallest absolute Gasteiger partial charge is 0.135 e. The summed E-state index contributed by atoms with van der Waals surface area (Å²) >= 11 is 0. The molecule has 1 nitrogen and oxygen atoms in total. The van der Waals surface area contributed by atoms with E-state index in [1.54, 1.807) is 0 Å². The minimum Gasteiger partial charge on any atom is -0.456 e. The van der Waals surface area contributed by atoms with Crippen LogP contribution < -0.4 is 0 Å². The zero-order valence-electron chi connectivity index (χ0n) is 21.5. The molecule has 1 aliphatic carbocycles. The zero-order valence-corrected chi connectivity index (χ0v) is 21.5. The second kappa shape index (κ2) is 8.85. The van der Waals surface area contributed by atoms with E-state index in [1.165, 1.54) is 65.9 Å². The third kappa shape index (κ3) is 3.55. The number of aryl methyl sites for hydroxylation is 1. The highest BCUT2D eigenvalue weighted by Crippen LogP contribution is 2.45. The fourth-order valence-corrected chi connectivity index (χ4v) is 6.34. The van der Waals surface area contributed by atoms with E-state index in [-0.39, 0.29) is 0 Å². The highest BCUT2D eigenvalue weighted by atomic mass is 16.3. The number of fused-ring (bicyclic) bond motifs is 5. The van der Waals surface area contributed by atoms with Gasteiger partial charge in [0.25, 0.3) is 0 Å². The normalized spacial score (nSPS) is 12.8. The van der Waals surface area contributed by atoms with Gasteiger partial charge in [-0.1, -0.05) is 115 Å². The predicted molar refractivity (Wildman–Crippen MR) is 165 cm³/mol. The first-order valence-corrected chi connectivity index (χ1v) is 13.7. The SMILES string of the molecule is C1=Cc2oc3ccc(-c4c5ccccc5c(-c5ccc(-c6ccccc6)cc5)c5ccccc45)cc3c2CC1. The number of rotatable bonds is 3. The maximum Gasteiger partial charge on any atom is 0.135 e. The molecule has 0 N–H and O–H groups in total. The van der Waals surface area contributed by atoms with Gasteiger partial charge in [-0.05, 0) is 86.0 Å². The van der Waals surface area contributed by atoms with Crippen LogP contribution in [0.25, 0.3) is 72.0 Å². The van der Waals surface area contributed by atoms with Gasteiger partial charge in [-0.15, -0.1) is 0 Å². The summed E-state index contributed by atoms with van der Waals surface area (Å²) in [5.74, 6) is 1.01. The van der Waals surface area contributed by atoms with Crippen molar-refractivity contribution in [1.82, 2.24) is 0 Å². The minimum atomic E-state index is 0.971. The Bertz CT molecular complexity index is 1980. The molecule has 7 aromatic rings. The summed E-state index contributed by atoms with van der Waals surface area (Å²) in [5.41, 5.74) is 9.82. The molecule has 1 heterocycles. The Morgan fingerprint density at radius 1 is 0.462 bits per heavy atom. The molecule has 0 fully saturated rings. The van der Waals surface area contributed by atoms with E-state index < -0.39 is 0 Å². The van der Waals surface area contributed by atoms with Crippen molar-refractivity contribution in [3.8, 4) is 33.4 Å². The van der Waals surface area contributed by atoms with E-state index in [4.69, 9.17) is 4.42 Å². The molecule has 184 valence electrons. The highest BCUT2D eigenvalue weighted by Gasteiger charge is 2.19. The highest BCUT2D eigenvalue weighted by molar-refractivity contribution is 6.21. The maximum atomic E-state index is 6.19. The zero-order chi connectivity index (χ0) is 25.8. The van der Waals surface area contributed by atoms with E-state index in [1.807, 2.05) is 0 Å². The number of benzene rings is 6. The minimum absolute atomic E-state index is 0.971. The van der Waals surface area contributed by atoms with Crippen molar-refractivity contribution in [2.24, 2.45) is 0 Å². The molecule has 0 bridgehead atoms. The van der Waals surface area contributed by atoms with Crippen LogP contribution in [0.1, 0.15) is 17.7 Å². The molecule has 0 amide bonds. The van der Waals surface area contributed by atoms with Gasteiger partial charge < -0.3 is 4.42 Å². The van der Waals surface area contributed by atoms with Crippen LogP contribution in [0.4, 0.5) is 0 Å². The average molecular weight is 499 g/mol. The molecule has 0 aliphatic heterocycles. The van der Waals surface area contributed by atoms with Gasteiger partial charge in [0.1, 0.15) is 11.3 Å². The summed E-state index contributed by atoms with van der Waals surface area (Å²) in [6.45, 7) is 0. The van der Waals surface area contributed by atoms with Crippen molar-refractivity contribution in [3.63, 3.8) is 0 Å². The topological polar surface area (TPSA) is 13.1 Å². The van der Waals surface area contributed by atoms with Crippen LogP contribution in [0, 0.1) is 0 Å². The lowest BCUT2D eigenvalue weighted by Gasteiger charge is -2.18. The quantitative estimate of drug-likeness (QED) is 0.221. The third-order valence-corrected chi connectivity index (χ3v) is 8.15. The molecule has 6 aromatic carbocycles. The van der Waals surface area contributed by atoms with Crippen LogP contribution in [0.2, 0.25) is 0 Å². The summed E-state index contributed by atoms with van der Waals surface area (Å²) < 4.78 is 6.19. The van der Waals surface area contributed by atoms with Crippen LogP contribution in [-0.2, 0) is 6.42 Å². The van der Waals surface area contributed by atoms with Crippen LogP contribution in [0.15, 0.2) is 132 Å². The molecule has 8 rings (SSSR count). The molecule has 0 saturated carbocycles. The predicted octanol–water partition coefficient (Wildman–Crippen LogP) is 10.7. The number of hydrogen-bond acceptors (Lipinski definition) is 1. The van der Waals surface area contributed by atoms with Gasteiger partial charge >= 0.3 is 0 Å². The molecule has 0 unspecified atom stereocenters. The number of furan rings is 1. The van der Waals surface area contributed by atoms with E-state index in [9.17, 15) is 0 Å². The van der Waals surface area contributed by atoms with Crippen LogP contribution in [0.3, 0.4) is 0 Å². The lowest BCUT2D eigenvalue weighted by atomic mass is 9.85. The molecular weight excluding hydrogens is 472 g/mol. The molecule has 39 heavy (non-hydrogen) atoms. The fourth-order valence-electron chi connectivity index (χ4n) is 6.34. The van der Waals surface area contributed by atoms with Gasteiger partial charge in [0.2, 0.25) is 0 Å². The van der Waals surface area contributed by atoms with Crippen molar-refractivity contribution in [1.29, 1.82) is 0 Å².